The summed E-state index contributed by atoms with van der Waals surface area (Å²) in [4.78, 5) is 21.7. The van der Waals surface area contributed by atoms with Crippen molar-refractivity contribution in [3.8, 4) is 11.5 Å². The summed E-state index contributed by atoms with van der Waals surface area (Å²) in [5, 5.41) is 0.904. The van der Waals surface area contributed by atoms with Crippen molar-refractivity contribution in [2.75, 3.05) is 7.11 Å². The molecule has 0 atom stereocenters. The number of hydrogen-bond donors (Lipinski definition) is 0. The van der Waals surface area contributed by atoms with Gasteiger partial charge >= 0.3 is 0 Å². The molecule has 2 aromatic carbocycles. The molecule has 0 bridgehead atoms. The molecule has 1 aliphatic heterocycles. The topological polar surface area (TPSA) is 51.1 Å². The number of amidine groups is 1. The number of rotatable bonds is 7. The van der Waals surface area contributed by atoms with Crippen molar-refractivity contribution in [1.29, 1.82) is 0 Å². The molecule has 0 N–H and O–H groups in total. The summed E-state index contributed by atoms with van der Waals surface area (Å²) in [7, 11) is 1.65. The number of benzene rings is 2. The van der Waals surface area contributed by atoms with Crippen LogP contribution in [0.15, 0.2) is 50.8 Å². The first-order valence-electron chi connectivity index (χ1n) is 13.9. The fourth-order valence-electron chi connectivity index (χ4n) is 5.64. The summed E-state index contributed by atoms with van der Waals surface area (Å²) < 4.78 is 12.7. The number of carbonyl (C=O) groups excluding carboxylic acids is 1. The highest BCUT2D eigenvalue weighted by atomic mass is 79.9. The summed E-state index contributed by atoms with van der Waals surface area (Å²) in [6, 6.07) is 12.8. The zero-order valence-corrected chi connectivity index (χ0v) is 24.8. The van der Waals surface area contributed by atoms with E-state index in [2.05, 4.69) is 41.1 Å². The van der Waals surface area contributed by atoms with E-state index in [0.717, 1.165) is 51.4 Å². The van der Waals surface area contributed by atoms with Crippen LogP contribution in [0.4, 0.5) is 0 Å². The van der Waals surface area contributed by atoms with Gasteiger partial charge in [0.15, 0.2) is 16.7 Å². The zero-order chi connectivity index (χ0) is 26.5. The monoisotopic (exact) mass is 596 g/mol. The molecule has 1 heterocycles. The third-order valence-corrected chi connectivity index (χ3v) is 9.37. The molecule has 3 aliphatic rings. The Balaban J connectivity index is 1.40. The van der Waals surface area contributed by atoms with Gasteiger partial charge < -0.3 is 9.47 Å². The van der Waals surface area contributed by atoms with Gasteiger partial charge in [-0.3, -0.25) is 14.7 Å². The van der Waals surface area contributed by atoms with Crippen LogP contribution in [-0.4, -0.2) is 35.2 Å². The quantitative estimate of drug-likeness (QED) is 0.302. The highest BCUT2D eigenvalue weighted by Gasteiger charge is 2.39. The lowest BCUT2D eigenvalue weighted by Gasteiger charge is -2.31. The van der Waals surface area contributed by atoms with Crippen LogP contribution in [0.5, 0.6) is 11.5 Å². The first kappa shape index (κ1) is 27.3. The number of hydrogen-bond acceptors (Lipinski definition) is 5. The standard InChI is InChI=1S/C31H37BrN2O3S/c1-21-10-9-11-22(16-21)20-37-28-19-26(32)23(17-27(28)36-2)18-29-30(35)34(25-14-7-4-8-15-25)31(38-29)33-24-12-5-3-6-13-24/h9-11,16-19,24-25H,3-8,12-15,20H2,1-2H3. The average molecular weight is 598 g/mol. The second-order valence-corrected chi connectivity index (χ2v) is 12.4. The van der Waals surface area contributed by atoms with Gasteiger partial charge in [0.1, 0.15) is 6.61 Å². The van der Waals surface area contributed by atoms with E-state index in [9.17, 15) is 4.79 Å². The van der Waals surface area contributed by atoms with Crippen LogP contribution in [0.3, 0.4) is 0 Å². The molecule has 1 amide bonds. The van der Waals surface area contributed by atoms with Gasteiger partial charge in [-0.1, -0.05) is 84.3 Å². The Morgan fingerprint density at radius 2 is 1.76 bits per heavy atom. The lowest BCUT2D eigenvalue weighted by atomic mass is 9.94. The number of aryl methyl sites for hydroxylation is 1. The Morgan fingerprint density at radius 3 is 2.47 bits per heavy atom. The molecule has 38 heavy (non-hydrogen) atoms. The minimum Gasteiger partial charge on any atom is -0.493 e. The van der Waals surface area contributed by atoms with Crippen LogP contribution in [-0.2, 0) is 11.4 Å². The first-order chi connectivity index (χ1) is 18.5. The second kappa shape index (κ2) is 12.7. The highest BCUT2D eigenvalue weighted by Crippen LogP contribution is 2.41. The lowest BCUT2D eigenvalue weighted by Crippen LogP contribution is -2.41. The average Bonchev–Trinajstić information content (AvgIpc) is 3.23. The minimum absolute atomic E-state index is 0.0853. The molecule has 7 heteroatoms. The van der Waals surface area contributed by atoms with Crippen LogP contribution < -0.4 is 9.47 Å². The fourth-order valence-corrected chi connectivity index (χ4v) is 7.18. The molecule has 0 aromatic heterocycles. The molecule has 2 saturated carbocycles. The molecular weight excluding hydrogens is 560 g/mol. The van der Waals surface area contributed by atoms with E-state index in [1.165, 1.54) is 55.9 Å². The Labute approximate surface area is 239 Å². The SMILES string of the molecule is COc1cc(C=C2SC(=NC3CCCCC3)N(C3CCCCC3)C2=O)c(Br)cc1OCc1cccc(C)c1. The van der Waals surface area contributed by atoms with Crippen molar-refractivity contribution >= 4 is 44.8 Å². The number of halogens is 1. The molecule has 0 unspecified atom stereocenters. The third kappa shape index (κ3) is 6.48. The van der Waals surface area contributed by atoms with Gasteiger partial charge in [-0.05, 0) is 73.7 Å². The van der Waals surface area contributed by atoms with Crippen LogP contribution in [0.25, 0.3) is 6.08 Å². The zero-order valence-electron chi connectivity index (χ0n) is 22.4. The molecule has 1 saturated heterocycles. The van der Waals surface area contributed by atoms with E-state index in [4.69, 9.17) is 14.5 Å². The van der Waals surface area contributed by atoms with Gasteiger partial charge in [-0.2, -0.15) is 0 Å². The van der Waals surface area contributed by atoms with Crippen LogP contribution in [0, 0.1) is 6.92 Å². The molecule has 3 fully saturated rings. The van der Waals surface area contributed by atoms with E-state index < -0.39 is 0 Å². The second-order valence-electron chi connectivity index (χ2n) is 10.6. The van der Waals surface area contributed by atoms with E-state index in [1.807, 2.05) is 29.2 Å². The number of methoxy groups -OCH3 is 1. The molecule has 5 rings (SSSR count). The molecule has 2 aromatic rings. The van der Waals surface area contributed by atoms with Crippen molar-refractivity contribution in [3.63, 3.8) is 0 Å². The van der Waals surface area contributed by atoms with Gasteiger partial charge in [-0.25, -0.2) is 0 Å². The normalized spacial score (nSPS) is 21.4. The maximum atomic E-state index is 13.8. The minimum atomic E-state index is 0.0853. The highest BCUT2D eigenvalue weighted by molar-refractivity contribution is 9.10. The van der Waals surface area contributed by atoms with Crippen LogP contribution >= 0.6 is 27.7 Å². The summed E-state index contributed by atoms with van der Waals surface area (Å²) in [6.45, 7) is 2.53. The summed E-state index contributed by atoms with van der Waals surface area (Å²) >= 11 is 5.26. The van der Waals surface area contributed by atoms with Crippen LogP contribution in [0.1, 0.15) is 80.9 Å². The van der Waals surface area contributed by atoms with Gasteiger partial charge in [-0.15, -0.1) is 0 Å². The lowest BCUT2D eigenvalue weighted by molar-refractivity contribution is -0.124. The largest absolute Gasteiger partial charge is 0.493 e. The van der Waals surface area contributed by atoms with Crippen molar-refractivity contribution in [2.45, 2.75) is 89.8 Å². The van der Waals surface area contributed by atoms with Crippen molar-refractivity contribution in [3.05, 3.63) is 62.5 Å². The Hall–Kier alpha value is -2.25. The third-order valence-electron chi connectivity index (χ3n) is 7.69. The maximum absolute atomic E-state index is 13.8. The fraction of sp³-hybridized carbons (Fsp3) is 0.484. The first-order valence-corrected chi connectivity index (χ1v) is 15.5. The predicted octanol–water partition coefficient (Wildman–Crippen LogP) is 8.28. The molecule has 2 aliphatic carbocycles. The summed E-state index contributed by atoms with van der Waals surface area (Å²) in [5.41, 5.74) is 3.20. The predicted molar refractivity (Wildman–Crippen MR) is 160 cm³/mol. The van der Waals surface area contributed by atoms with Gasteiger partial charge in [0, 0.05) is 10.5 Å². The molecule has 5 nitrogen and oxygen atoms in total. The molecule has 0 radical (unpaired) electrons. The number of carbonyl (C=O) groups is 1. The number of nitrogens with zero attached hydrogens (tertiary/aromatic N) is 2. The van der Waals surface area contributed by atoms with E-state index >= 15 is 0 Å². The van der Waals surface area contributed by atoms with Crippen molar-refractivity contribution in [2.24, 2.45) is 4.99 Å². The summed E-state index contributed by atoms with van der Waals surface area (Å²) in [6.07, 6.45) is 13.7. The van der Waals surface area contributed by atoms with Gasteiger partial charge in [0.05, 0.1) is 18.1 Å². The number of thioether (sulfide) groups is 1. The van der Waals surface area contributed by atoms with Crippen molar-refractivity contribution in [1.82, 2.24) is 4.90 Å². The molecule has 202 valence electrons. The molecular formula is C31H37BrN2O3S. The van der Waals surface area contributed by atoms with E-state index in [0.29, 0.717) is 24.1 Å². The Morgan fingerprint density at radius 1 is 1.03 bits per heavy atom. The van der Waals surface area contributed by atoms with Gasteiger partial charge in [0.25, 0.3) is 5.91 Å². The van der Waals surface area contributed by atoms with E-state index in [1.54, 1.807) is 7.11 Å². The Bertz CT molecular complexity index is 1220. The molecule has 0 spiro atoms. The van der Waals surface area contributed by atoms with Crippen LogP contribution in [0.2, 0.25) is 0 Å². The number of ether oxygens (including phenoxy) is 2. The number of aliphatic imine (C=N–C) groups is 1. The summed E-state index contributed by atoms with van der Waals surface area (Å²) in [5.74, 6) is 1.39. The number of amides is 1. The smallest absolute Gasteiger partial charge is 0.267 e. The van der Waals surface area contributed by atoms with E-state index in [-0.39, 0.29) is 11.9 Å². The Kier molecular flexibility index (Phi) is 9.16. The maximum Gasteiger partial charge on any atom is 0.267 e. The van der Waals surface area contributed by atoms with Crippen molar-refractivity contribution < 1.29 is 14.3 Å². The van der Waals surface area contributed by atoms with Gasteiger partial charge in [0.2, 0.25) is 0 Å².